The molecule has 0 aliphatic rings. The molecule has 2 aromatic rings. The molecule has 0 aliphatic heterocycles. The van der Waals surface area contributed by atoms with Gasteiger partial charge >= 0.3 is 0 Å². The van der Waals surface area contributed by atoms with E-state index in [9.17, 15) is 9.90 Å². The number of hydrogen-bond acceptors (Lipinski definition) is 3. The van der Waals surface area contributed by atoms with Gasteiger partial charge in [0.25, 0.3) is 0 Å². The van der Waals surface area contributed by atoms with E-state index in [-0.39, 0.29) is 12.5 Å². The average molecular weight is 299 g/mol. The smallest absolute Gasteiger partial charge is 0.234 e. The van der Waals surface area contributed by atoms with E-state index in [4.69, 9.17) is 4.74 Å². The fourth-order valence-corrected chi connectivity index (χ4v) is 2.24. The van der Waals surface area contributed by atoms with Crippen molar-refractivity contribution in [2.75, 3.05) is 18.5 Å². The Kier molecular flexibility index (Phi) is 5.55. The van der Waals surface area contributed by atoms with E-state index in [1.165, 1.54) is 0 Å². The second-order valence-corrected chi connectivity index (χ2v) is 5.05. The Labute approximate surface area is 130 Å². The molecule has 4 heteroatoms. The van der Waals surface area contributed by atoms with Gasteiger partial charge < -0.3 is 15.2 Å². The Balaban J connectivity index is 2.15. The normalized spacial score (nSPS) is 11.8. The lowest BCUT2D eigenvalue weighted by molar-refractivity contribution is -0.118. The summed E-state index contributed by atoms with van der Waals surface area (Å²) in [6.45, 7) is 4.21. The molecule has 1 amide bonds. The zero-order chi connectivity index (χ0) is 15.9. The number of anilines is 1. The second-order valence-electron chi connectivity index (χ2n) is 5.05. The van der Waals surface area contributed by atoms with Gasteiger partial charge in [-0.15, -0.1) is 0 Å². The minimum Gasteiger partial charge on any atom is -0.494 e. The Morgan fingerprint density at radius 3 is 2.59 bits per heavy atom. The zero-order valence-electron chi connectivity index (χ0n) is 12.9. The van der Waals surface area contributed by atoms with Crippen LogP contribution in [0.25, 0.3) is 0 Å². The van der Waals surface area contributed by atoms with Crippen molar-refractivity contribution in [1.82, 2.24) is 0 Å². The summed E-state index contributed by atoms with van der Waals surface area (Å²) in [6, 6.07) is 14.8. The molecule has 0 heterocycles. The van der Waals surface area contributed by atoms with E-state index in [2.05, 4.69) is 5.32 Å². The standard InChI is InChI=1S/C18H21NO3/c1-3-22-17-11-15(10-9-13(17)2)19-18(21)16(12-20)14-7-5-4-6-8-14/h4-11,16,20H,3,12H2,1-2H3,(H,19,21). The van der Waals surface area contributed by atoms with Gasteiger partial charge in [0, 0.05) is 11.8 Å². The molecule has 0 spiro atoms. The molecule has 1 atom stereocenters. The Morgan fingerprint density at radius 1 is 1.23 bits per heavy atom. The zero-order valence-corrected chi connectivity index (χ0v) is 12.9. The third-order valence-electron chi connectivity index (χ3n) is 3.46. The van der Waals surface area contributed by atoms with Crippen molar-refractivity contribution in [2.24, 2.45) is 0 Å². The SMILES string of the molecule is CCOc1cc(NC(=O)C(CO)c2ccccc2)ccc1C. The first kappa shape index (κ1) is 16.0. The lowest BCUT2D eigenvalue weighted by Crippen LogP contribution is -2.23. The number of aliphatic hydroxyl groups excluding tert-OH is 1. The van der Waals surface area contributed by atoms with Crippen LogP contribution in [0.4, 0.5) is 5.69 Å². The van der Waals surface area contributed by atoms with Gasteiger partial charge in [-0.25, -0.2) is 0 Å². The number of aryl methyl sites for hydroxylation is 1. The van der Waals surface area contributed by atoms with E-state index >= 15 is 0 Å². The highest BCUT2D eigenvalue weighted by atomic mass is 16.5. The molecule has 0 fully saturated rings. The molecule has 0 saturated heterocycles. The molecule has 2 rings (SSSR count). The van der Waals surface area contributed by atoms with Gasteiger partial charge in [-0.1, -0.05) is 36.4 Å². The van der Waals surface area contributed by atoms with Crippen LogP contribution in [-0.4, -0.2) is 24.2 Å². The van der Waals surface area contributed by atoms with E-state index in [1.54, 1.807) is 6.07 Å². The van der Waals surface area contributed by atoms with Crippen LogP contribution in [0.2, 0.25) is 0 Å². The predicted molar refractivity (Wildman–Crippen MR) is 87.2 cm³/mol. The largest absolute Gasteiger partial charge is 0.494 e. The molecule has 22 heavy (non-hydrogen) atoms. The van der Waals surface area contributed by atoms with E-state index in [0.29, 0.717) is 12.3 Å². The van der Waals surface area contributed by atoms with Gasteiger partial charge in [0.2, 0.25) is 5.91 Å². The van der Waals surface area contributed by atoms with Crippen molar-refractivity contribution in [3.8, 4) is 5.75 Å². The maximum atomic E-state index is 12.4. The molecule has 4 nitrogen and oxygen atoms in total. The van der Waals surface area contributed by atoms with Gasteiger partial charge in [-0.05, 0) is 31.0 Å². The van der Waals surface area contributed by atoms with Crippen molar-refractivity contribution in [1.29, 1.82) is 0 Å². The summed E-state index contributed by atoms with van der Waals surface area (Å²) < 4.78 is 5.53. The lowest BCUT2D eigenvalue weighted by atomic mass is 9.99. The Morgan fingerprint density at radius 2 is 1.95 bits per heavy atom. The maximum absolute atomic E-state index is 12.4. The van der Waals surface area contributed by atoms with Crippen molar-refractivity contribution in [2.45, 2.75) is 19.8 Å². The fourth-order valence-electron chi connectivity index (χ4n) is 2.24. The molecule has 0 aromatic heterocycles. The number of hydrogen-bond donors (Lipinski definition) is 2. The van der Waals surface area contributed by atoms with Crippen molar-refractivity contribution in [3.05, 3.63) is 59.7 Å². The van der Waals surface area contributed by atoms with E-state index in [0.717, 1.165) is 16.9 Å². The third kappa shape index (κ3) is 3.86. The van der Waals surface area contributed by atoms with Crippen LogP contribution < -0.4 is 10.1 Å². The molecule has 0 aliphatic carbocycles. The highest BCUT2D eigenvalue weighted by molar-refractivity contribution is 5.96. The summed E-state index contributed by atoms with van der Waals surface area (Å²) in [5.74, 6) is -0.0707. The summed E-state index contributed by atoms with van der Waals surface area (Å²) in [5.41, 5.74) is 2.47. The molecule has 2 aromatic carbocycles. The first-order valence-electron chi connectivity index (χ1n) is 7.35. The van der Waals surface area contributed by atoms with Gasteiger partial charge in [0.15, 0.2) is 0 Å². The summed E-state index contributed by atoms with van der Waals surface area (Å²) in [6.07, 6.45) is 0. The summed E-state index contributed by atoms with van der Waals surface area (Å²) in [4.78, 5) is 12.4. The number of nitrogens with one attached hydrogen (secondary N) is 1. The Hall–Kier alpha value is -2.33. The van der Waals surface area contributed by atoms with Crippen LogP contribution in [0, 0.1) is 6.92 Å². The van der Waals surface area contributed by atoms with Gasteiger partial charge in [0.1, 0.15) is 5.75 Å². The second kappa shape index (κ2) is 7.61. The average Bonchev–Trinajstić information content (AvgIpc) is 2.52. The molecule has 2 N–H and O–H groups in total. The minimum absolute atomic E-state index is 0.236. The molecule has 0 radical (unpaired) electrons. The van der Waals surface area contributed by atoms with Crippen LogP contribution in [0.1, 0.15) is 24.0 Å². The maximum Gasteiger partial charge on any atom is 0.234 e. The van der Waals surface area contributed by atoms with Crippen LogP contribution >= 0.6 is 0 Å². The molecule has 116 valence electrons. The van der Waals surface area contributed by atoms with Crippen LogP contribution in [0.5, 0.6) is 5.75 Å². The van der Waals surface area contributed by atoms with Crippen LogP contribution in [0.15, 0.2) is 48.5 Å². The van der Waals surface area contributed by atoms with Crippen LogP contribution in [0.3, 0.4) is 0 Å². The third-order valence-corrected chi connectivity index (χ3v) is 3.46. The monoisotopic (exact) mass is 299 g/mol. The van der Waals surface area contributed by atoms with Crippen molar-refractivity contribution in [3.63, 3.8) is 0 Å². The van der Waals surface area contributed by atoms with Gasteiger partial charge in [0.05, 0.1) is 19.1 Å². The Bertz CT molecular complexity index is 625. The quantitative estimate of drug-likeness (QED) is 0.861. The fraction of sp³-hybridized carbons (Fsp3) is 0.278. The first-order valence-corrected chi connectivity index (χ1v) is 7.35. The molecular formula is C18H21NO3. The van der Waals surface area contributed by atoms with Crippen molar-refractivity contribution < 1.29 is 14.6 Å². The highest BCUT2D eigenvalue weighted by Gasteiger charge is 2.19. The minimum atomic E-state index is -0.585. The number of amides is 1. The number of rotatable bonds is 6. The predicted octanol–water partition coefficient (Wildman–Crippen LogP) is 3.11. The number of ether oxygens (including phenoxy) is 1. The van der Waals surface area contributed by atoms with E-state index in [1.807, 2.05) is 56.3 Å². The summed E-state index contributed by atoms with van der Waals surface area (Å²) in [5, 5.41) is 12.4. The topological polar surface area (TPSA) is 58.6 Å². The van der Waals surface area contributed by atoms with Crippen molar-refractivity contribution >= 4 is 11.6 Å². The number of carbonyl (C=O) groups is 1. The molecule has 0 bridgehead atoms. The first-order chi connectivity index (χ1) is 10.7. The van der Waals surface area contributed by atoms with E-state index < -0.39 is 5.92 Å². The number of aliphatic hydroxyl groups is 1. The van der Waals surface area contributed by atoms with Gasteiger partial charge in [-0.3, -0.25) is 4.79 Å². The van der Waals surface area contributed by atoms with Crippen LogP contribution in [-0.2, 0) is 4.79 Å². The number of benzene rings is 2. The summed E-state index contributed by atoms with van der Waals surface area (Å²) in [7, 11) is 0. The molecule has 1 unspecified atom stereocenters. The van der Waals surface area contributed by atoms with Gasteiger partial charge in [-0.2, -0.15) is 0 Å². The summed E-state index contributed by atoms with van der Waals surface area (Å²) >= 11 is 0. The molecule has 0 saturated carbocycles. The number of carbonyl (C=O) groups excluding carboxylic acids is 1. The lowest BCUT2D eigenvalue weighted by Gasteiger charge is -2.16. The highest BCUT2D eigenvalue weighted by Crippen LogP contribution is 2.24. The molecular weight excluding hydrogens is 278 g/mol.